The highest BCUT2D eigenvalue weighted by molar-refractivity contribution is 6.08. The SMILES string of the molecule is CON(C)C(=O)c1ccnc(OC(C)C)c1C1=NC(C)(C)CO1. The standard InChI is InChI=1S/C16H23N3O4/c1-10(2)23-13-12(14-18-16(3,4)9-22-14)11(7-8-17-13)15(20)19(5)21-6/h7-8,10H,9H2,1-6H3. The Bertz CT molecular complexity index is 626. The number of amides is 1. The number of hydrogen-bond acceptors (Lipinski definition) is 6. The number of pyridine rings is 1. The van der Waals surface area contributed by atoms with Crippen LogP contribution in [0, 0.1) is 0 Å². The van der Waals surface area contributed by atoms with Gasteiger partial charge in [-0.3, -0.25) is 9.63 Å². The first-order valence-corrected chi connectivity index (χ1v) is 7.46. The molecule has 2 heterocycles. The van der Waals surface area contributed by atoms with Gasteiger partial charge in [0.2, 0.25) is 11.8 Å². The Morgan fingerprint density at radius 3 is 2.65 bits per heavy atom. The molecular formula is C16H23N3O4. The zero-order valence-corrected chi connectivity index (χ0v) is 14.4. The highest BCUT2D eigenvalue weighted by Crippen LogP contribution is 2.28. The van der Waals surface area contributed by atoms with Gasteiger partial charge in [-0.05, 0) is 33.8 Å². The number of hydroxylamine groups is 2. The van der Waals surface area contributed by atoms with Gasteiger partial charge in [0.25, 0.3) is 5.91 Å². The number of nitrogens with zero attached hydrogens (tertiary/aromatic N) is 3. The number of aromatic nitrogens is 1. The summed E-state index contributed by atoms with van der Waals surface area (Å²) < 4.78 is 11.4. The molecule has 1 amide bonds. The molecule has 0 bridgehead atoms. The summed E-state index contributed by atoms with van der Waals surface area (Å²) in [6, 6.07) is 1.61. The van der Waals surface area contributed by atoms with Crippen LogP contribution in [0.15, 0.2) is 17.3 Å². The quantitative estimate of drug-likeness (QED) is 0.776. The van der Waals surface area contributed by atoms with E-state index in [9.17, 15) is 4.79 Å². The molecule has 0 unspecified atom stereocenters. The average Bonchev–Trinajstić information content (AvgIpc) is 2.84. The van der Waals surface area contributed by atoms with Crippen LogP contribution in [0.25, 0.3) is 0 Å². The molecule has 1 aromatic rings. The van der Waals surface area contributed by atoms with Crippen LogP contribution in [-0.4, -0.2) is 54.3 Å². The lowest BCUT2D eigenvalue weighted by Crippen LogP contribution is -2.28. The van der Waals surface area contributed by atoms with Crippen molar-refractivity contribution in [3.8, 4) is 5.88 Å². The van der Waals surface area contributed by atoms with E-state index in [1.54, 1.807) is 6.07 Å². The summed E-state index contributed by atoms with van der Waals surface area (Å²) in [6.45, 7) is 8.14. The number of carbonyl (C=O) groups excluding carboxylic acids is 1. The van der Waals surface area contributed by atoms with Gasteiger partial charge >= 0.3 is 0 Å². The molecule has 126 valence electrons. The van der Waals surface area contributed by atoms with Crippen molar-refractivity contribution in [2.24, 2.45) is 4.99 Å². The molecule has 0 aromatic carbocycles. The predicted molar refractivity (Wildman–Crippen MR) is 85.7 cm³/mol. The first kappa shape index (κ1) is 17.2. The van der Waals surface area contributed by atoms with Crippen LogP contribution in [0.5, 0.6) is 5.88 Å². The third kappa shape index (κ3) is 3.79. The second-order valence-electron chi connectivity index (χ2n) is 6.21. The Balaban J connectivity index is 2.57. The van der Waals surface area contributed by atoms with Gasteiger partial charge in [0.1, 0.15) is 12.2 Å². The Labute approximate surface area is 136 Å². The summed E-state index contributed by atoms with van der Waals surface area (Å²) in [4.78, 5) is 26.3. The zero-order valence-electron chi connectivity index (χ0n) is 14.4. The lowest BCUT2D eigenvalue weighted by atomic mass is 10.1. The number of rotatable bonds is 5. The van der Waals surface area contributed by atoms with E-state index in [4.69, 9.17) is 14.3 Å². The molecule has 0 spiro atoms. The summed E-state index contributed by atoms with van der Waals surface area (Å²) >= 11 is 0. The molecule has 0 saturated heterocycles. The Kier molecular flexibility index (Phi) is 4.89. The van der Waals surface area contributed by atoms with Gasteiger partial charge in [-0.2, -0.15) is 0 Å². The van der Waals surface area contributed by atoms with E-state index in [1.807, 2.05) is 27.7 Å². The first-order chi connectivity index (χ1) is 10.7. The van der Waals surface area contributed by atoms with E-state index >= 15 is 0 Å². The largest absolute Gasteiger partial charge is 0.475 e. The molecule has 0 N–H and O–H groups in total. The second kappa shape index (κ2) is 6.54. The van der Waals surface area contributed by atoms with Gasteiger partial charge in [0.05, 0.1) is 24.3 Å². The van der Waals surface area contributed by atoms with E-state index in [1.165, 1.54) is 20.4 Å². The van der Waals surface area contributed by atoms with Crippen molar-refractivity contribution in [2.45, 2.75) is 39.3 Å². The number of hydrogen-bond donors (Lipinski definition) is 0. The maximum Gasteiger partial charge on any atom is 0.278 e. The van der Waals surface area contributed by atoms with E-state index < -0.39 is 0 Å². The normalized spacial score (nSPS) is 16.0. The Morgan fingerprint density at radius 1 is 1.43 bits per heavy atom. The smallest absolute Gasteiger partial charge is 0.278 e. The van der Waals surface area contributed by atoms with Crippen molar-refractivity contribution >= 4 is 11.8 Å². The zero-order chi connectivity index (χ0) is 17.2. The minimum atomic E-state index is -0.353. The molecular weight excluding hydrogens is 298 g/mol. The maximum absolute atomic E-state index is 12.6. The van der Waals surface area contributed by atoms with E-state index in [0.29, 0.717) is 29.5 Å². The van der Waals surface area contributed by atoms with Crippen LogP contribution in [0.3, 0.4) is 0 Å². The van der Waals surface area contributed by atoms with Crippen molar-refractivity contribution in [1.82, 2.24) is 10.0 Å². The van der Waals surface area contributed by atoms with E-state index in [2.05, 4.69) is 9.98 Å². The van der Waals surface area contributed by atoms with Crippen LogP contribution in [0.2, 0.25) is 0 Å². The third-order valence-corrected chi connectivity index (χ3v) is 3.23. The van der Waals surface area contributed by atoms with Crippen LogP contribution >= 0.6 is 0 Å². The topological polar surface area (TPSA) is 73.2 Å². The maximum atomic E-state index is 12.6. The molecule has 0 aliphatic carbocycles. The number of ether oxygens (including phenoxy) is 2. The minimum absolute atomic E-state index is 0.0956. The number of aliphatic imine (C=N–C) groups is 1. The summed E-state index contributed by atoms with van der Waals surface area (Å²) in [6.07, 6.45) is 1.43. The van der Waals surface area contributed by atoms with Crippen LogP contribution in [-0.2, 0) is 9.57 Å². The van der Waals surface area contributed by atoms with Crippen LogP contribution in [0.1, 0.15) is 43.6 Å². The molecule has 1 aromatic heterocycles. The predicted octanol–water partition coefficient (Wildman–Crippen LogP) is 2.06. The van der Waals surface area contributed by atoms with Gasteiger partial charge in [0.15, 0.2) is 0 Å². The van der Waals surface area contributed by atoms with Gasteiger partial charge in [0, 0.05) is 13.2 Å². The Morgan fingerprint density at radius 2 is 2.13 bits per heavy atom. The summed E-state index contributed by atoms with van der Waals surface area (Å²) in [7, 11) is 2.97. The lowest BCUT2D eigenvalue weighted by molar-refractivity contribution is -0.0757. The molecule has 7 heteroatoms. The van der Waals surface area contributed by atoms with Crippen LogP contribution in [0.4, 0.5) is 0 Å². The van der Waals surface area contributed by atoms with Crippen molar-refractivity contribution in [3.05, 3.63) is 23.4 Å². The molecule has 0 saturated carbocycles. The molecule has 7 nitrogen and oxygen atoms in total. The molecule has 2 rings (SSSR count). The van der Waals surface area contributed by atoms with Crippen molar-refractivity contribution < 1.29 is 19.1 Å². The van der Waals surface area contributed by atoms with Gasteiger partial charge in [-0.15, -0.1) is 0 Å². The monoisotopic (exact) mass is 321 g/mol. The highest BCUT2D eigenvalue weighted by Gasteiger charge is 2.33. The van der Waals surface area contributed by atoms with E-state index in [0.717, 1.165) is 5.06 Å². The molecule has 0 atom stereocenters. The fourth-order valence-electron chi connectivity index (χ4n) is 2.11. The van der Waals surface area contributed by atoms with Crippen molar-refractivity contribution in [2.75, 3.05) is 20.8 Å². The highest BCUT2D eigenvalue weighted by atomic mass is 16.7. The fourth-order valence-corrected chi connectivity index (χ4v) is 2.11. The molecule has 1 aliphatic rings. The summed E-state index contributed by atoms with van der Waals surface area (Å²) in [5, 5.41) is 1.14. The molecule has 0 fully saturated rings. The van der Waals surface area contributed by atoms with E-state index in [-0.39, 0.29) is 17.6 Å². The molecule has 0 radical (unpaired) electrons. The summed E-state index contributed by atoms with van der Waals surface area (Å²) in [5.41, 5.74) is 0.477. The molecule has 23 heavy (non-hydrogen) atoms. The average molecular weight is 321 g/mol. The Hall–Kier alpha value is -2.15. The first-order valence-electron chi connectivity index (χ1n) is 7.46. The van der Waals surface area contributed by atoms with Crippen LogP contribution < -0.4 is 4.74 Å². The molecule has 1 aliphatic heterocycles. The second-order valence-corrected chi connectivity index (χ2v) is 6.21. The van der Waals surface area contributed by atoms with Crippen molar-refractivity contribution in [3.63, 3.8) is 0 Å². The van der Waals surface area contributed by atoms with Crippen molar-refractivity contribution in [1.29, 1.82) is 0 Å². The lowest BCUT2D eigenvalue weighted by Gasteiger charge is -2.18. The summed E-state index contributed by atoms with van der Waals surface area (Å²) in [5.74, 6) is 0.368. The number of carbonyl (C=O) groups is 1. The fraction of sp³-hybridized carbons (Fsp3) is 0.562. The third-order valence-electron chi connectivity index (χ3n) is 3.23. The van der Waals surface area contributed by atoms with Gasteiger partial charge in [-0.1, -0.05) is 0 Å². The minimum Gasteiger partial charge on any atom is -0.475 e. The van der Waals surface area contributed by atoms with Gasteiger partial charge in [-0.25, -0.2) is 15.0 Å². The van der Waals surface area contributed by atoms with Gasteiger partial charge < -0.3 is 9.47 Å².